The van der Waals surface area contributed by atoms with Crippen molar-refractivity contribution in [1.29, 1.82) is 0 Å². The van der Waals surface area contributed by atoms with E-state index < -0.39 is 21.6 Å². The number of amides is 1. The average molecular weight is 494 g/mol. The van der Waals surface area contributed by atoms with Gasteiger partial charge in [-0.05, 0) is 71.4 Å². The zero-order valence-electron chi connectivity index (χ0n) is 20.9. The Kier molecular flexibility index (Phi) is 8.79. The summed E-state index contributed by atoms with van der Waals surface area (Å²) < 4.78 is 36.2. The maximum Gasteiger partial charge on any atom is 0.307 e. The number of hydrogen-bond acceptors (Lipinski definition) is 6. The molecule has 0 unspecified atom stereocenters. The summed E-state index contributed by atoms with van der Waals surface area (Å²) in [4.78, 5) is 28.2. The lowest BCUT2D eigenvalue weighted by Gasteiger charge is -2.34. The molecule has 1 aliphatic heterocycles. The van der Waals surface area contributed by atoms with Crippen LogP contribution in [0.4, 0.5) is 0 Å². The molecule has 1 saturated carbocycles. The van der Waals surface area contributed by atoms with Crippen LogP contribution >= 0.6 is 0 Å². The smallest absolute Gasteiger partial charge is 0.307 e. The topological polar surface area (TPSA) is 90.0 Å². The minimum Gasteiger partial charge on any atom is -0.460 e. The normalized spacial score (nSPS) is 20.8. The first-order valence-corrected chi connectivity index (χ1v) is 13.9. The highest BCUT2D eigenvalue weighted by Crippen LogP contribution is 2.35. The lowest BCUT2D eigenvalue weighted by atomic mass is 9.77. The highest BCUT2D eigenvalue weighted by molar-refractivity contribution is 7.86. The lowest BCUT2D eigenvalue weighted by molar-refractivity contribution is -0.160. The van der Waals surface area contributed by atoms with Crippen LogP contribution in [-0.2, 0) is 28.6 Å². The summed E-state index contributed by atoms with van der Waals surface area (Å²) in [7, 11) is -3.91. The standard InChI is InChI=1S/C26H39NO6S/c1-19-12-14-22(15-13-19)34(30,31)32-18-21-11-8-16-27(21)25(29)23(20-9-6-5-7-10-20)17-24(28)33-26(2,3)4/h12-15,20-21,23H,5-11,16-18H2,1-4H3/t21-,23-/m0/s1. The Morgan fingerprint density at radius 2 is 1.68 bits per heavy atom. The summed E-state index contributed by atoms with van der Waals surface area (Å²) in [5.74, 6) is -0.723. The summed E-state index contributed by atoms with van der Waals surface area (Å²) >= 11 is 0. The number of benzene rings is 1. The molecule has 0 spiro atoms. The van der Waals surface area contributed by atoms with Crippen molar-refractivity contribution in [1.82, 2.24) is 4.90 Å². The summed E-state index contributed by atoms with van der Waals surface area (Å²) in [5.41, 5.74) is 0.358. The molecule has 0 N–H and O–H groups in total. The van der Waals surface area contributed by atoms with E-state index in [1.165, 1.54) is 12.1 Å². The molecule has 2 atom stereocenters. The molecule has 0 aromatic heterocycles. The zero-order chi connectivity index (χ0) is 24.9. The Hall–Kier alpha value is -1.93. The number of hydrogen-bond donors (Lipinski definition) is 0. The van der Waals surface area contributed by atoms with Gasteiger partial charge in [0.1, 0.15) is 5.60 Å². The molecule has 1 saturated heterocycles. The van der Waals surface area contributed by atoms with Crippen LogP contribution in [0.1, 0.15) is 77.7 Å². The van der Waals surface area contributed by atoms with Gasteiger partial charge >= 0.3 is 5.97 Å². The molecule has 1 aromatic rings. The number of esters is 1. The third-order valence-electron chi connectivity index (χ3n) is 6.73. The highest BCUT2D eigenvalue weighted by atomic mass is 32.2. The molecule has 1 amide bonds. The maximum atomic E-state index is 13.7. The van der Waals surface area contributed by atoms with Gasteiger partial charge < -0.3 is 9.64 Å². The third kappa shape index (κ3) is 7.28. The minimum atomic E-state index is -3.91. The van der Waals surface area contributed by atoms with Gasteiger partial charge in [0.05, 0.1) is 29.9 Å². The number of nitrogens with zero attached hydrogens (tertiary/aromatic N) is 1. The van der Waals surface area contributed by atoms with Gasteiger partial charge in [-0.3, -0.25) is 13.8 Å². The van der Waals surface area contributed by atoms with Crippen molar-refractivity contribution < 1.29 is 26.9 Å². The Morgan fingerprint density at radius 3 is 2.29 bits per heavy atom. The van der Waals surface area contributed by atoms with Crippen LogP contribution in [-0.4, -0.2) is 50.0 Å². The number of ether oxygens (including phenoxy) is 1. The van der Waals surface area contributed by atoms with Gasteiger partial charge in [0, 0.05) is 6.54 Å². The molecule has 0 bridgehead atoms. The van der Waals surface area contributed by atoms with E-state index in [4.69, 9.17) is 8.92 Å². The van der Waals surface area contributed by atoms with Crippen LogP contribution in [0.2, 0.25) is 0 Å². The van der Waals surface area contributed by atoms with Gasteiger partial charge in [-0.1, -0.05) is 37.0 Å². The minimum absolute atomic E-state index is 0.0620. The van der Waals surface area contributed by atoms with E-state index in [2.05, 4.69) is 0 Å². The van der Waals surface area contributed by atoms with Gasteiger partial charge in [0.2, 0.25) is 5.91 Å². The lowest BCUT2D eigenvalue weighted by Crippen LogP contribution is -2.45. The number of rotatable bonds is 8. The fraction of sp³-hybridized carbons (Fsp3) is 0.692. The molecule has 8 heteroatoms. The molecule has 0 radical (unpaired) electrons. The van der Waals surface area contributed by atoms with Crippen molar-refractivity contribution in [3.05, 3.63) is 29.8 Å². The van der Waals surface area contributed by atoms with E-state index >= 15 is 0 Å². The molecule has 3 rings (SSSR count). The summed E-state index contributed by atoms with van der Waals surface area (Å²) in [5, 5.41) is 0. The van der Waals surface area contributed by atoms with E-state index in [-0.39, 0.29) is 41.8 Å². The SMILES string of the molecule is Cc1ccc(S(=O)(=O)OC[C@@H]2CCCN2C(=O)[C@@H](CC(=O)OC(C)(C)C)C2CCCCC2)cc1. The van der Waals surface area contributed by atoms with E-state index in [0.29, 0.717) is 13.0 Å². The largest absolute Gasteiger partial charge is 0.460 e. The second-order valence-corrected chi connectivity index (χ2v) is 12.3. The van der Waals surface area contributed by atoms with Crippen LogP contribution in [0.5, 0.6) is 0 Å². The Balaban J connectivity index is 1.70. The quantitative estimate of drug-likeness (QED) is 0.388. The molecule has 1 aliphatic carbocycles. The number of carbonyl (C=O) groups is 2. The fourth-order valence-corrected chi connectivity index (χ4v) is 5.95. The van der Waals surface area contributed by atoms with Crippen LogP contribution in [0.15, 0.2) is 29.2 Å². The van der Waals surface area contributed by atoms with Crippen LogP contribution in [0.3, 0.4) is 0 Å². The molecule has 1 heterocycles. The van der Waals surface area contributed by atoms with E-state index in [1.807, 2.05) is 27.7 Å². The molecule has 34 heavy (non-hydrogen) atoms. The van der Waals surface area contributed by atoms with E-state index in [0.717, 1.165) is 44.1 Å². The number of carbonyl (C=O) groups excluding carboxylic acids is 2. The molecule has 1 aromatic carbocycles. The molecule has 190 valence electrons. The Labute approximate surface area is 204 Å². The Bertz CT molecular complexity index is 944. The molecular formula is C26H39NO6S. The second-order valence-electron chi connectivity index (χ2n) is 10.7. The second kappa shape index (κ2) is 11.2. The van der Waals surface area contributed by atoms with E-state index in [9.17, 15) is 18.0 Å². The number of aryl methyl sites for hydroxylation is 1. The summed E-state index contributed by atoms with van der Waals surface area (Å²) in [6, 6.07) is 6.20. The molecular weight excluding hydrogens is 454 g/mol. The molecule has 7 nitrogen and oxygen atoms in total. The maximum absolute atomic E-state index is 13.7. The first-order valence-electron chi connectivity index (χ1n) is 12.4. The first kappa shape index (κ1) is 26.7. The van der Waals surface area contributed by atoms with Crippen molar-refractivity contribution in [3.8, 4) is 0 Å². The predicted octanol–water partition coefficient (Wildman–Crippen LogP) is 4.62. The number of likely N-dealkylation sites (tertiary alicyclic amines) is 1. The summed E-state index contributed by atoms with van der Waals surface area (Å²) in [6.45, 7) is 7.83. The van der Waals surface area contributed by atoms with Gasteiger partial charge in [-0.2, -0.15) is 8.42 Å². The average Bonchev–Trinajstić information content (AvgIpc) is 3.24. The highest BCUT2D eigenvalue weighted by Gasteiger charge is 2.39. The first-order chi connectivity index (χ1) is 16.0. The predicted molar refractivity (Wildman–Crippen MR) is 130 cm³/mol. The monoisotopic (exact) mass is 493 g/mol. The van der Waals surface area contributed by atoms with Crippen LogP contribution < -0.4 is 0 Å². The van der Waals surface area contributed by atoms with E-state index in [1.54, 1.807) is 17.0 Å². The van der Waals surface area contributed by atoms with Crippen LogP contribution in [0.25, 0.3) is 0 Å². The van der Waals surface area contributed by atoms with Crippen molar-refractivity contribution in [2.75, 3.05) is 13.2 Å². The molecule has 2 fully saturated rings. The van der Waals surface area contributed by atoms with Gasteiger partial charge in [-0.15, -0.1) is 0 Å². The van der Waals surface area contributed by atoms with Gasteiger partial charge in [0.15, 0.2) is 0 Å². The third-order valence-corrected chi connectivity index (χ3v) is 8.02. The van der Waals surface area contributed by atoms with Crippen LogP contribution in [0, 0.1) is 18.8 Å². The Morgan fingerprint density at radius 1 is 1.03 bits per heavy atom. The molecule has 2 aliphatic rings. The zero-order valence-corrected chi connectivity index (χ0v) is 21.7. The van der Waals surface area contributed by atoms with Gasteiger partial charge in [-0.25, -0.2) is 0 Å². The fourth-order valence-electron chi connectivity index (χ4n) is 5.01. The van der Waals surface area contributed by atoms with Crippen molar-refractivity contribution >= 4 is 22.0 Å². The van der Waals surface area contributed by atoms with Crippen molar-refractivity contribution in [2.45, 2.75) is 95.6 Å². The summed E-state index contributed by atoms with van der Waals surface area (Å²) in [6.07, 6.45) is 6.65. The van der Waals surface area contributed by atoms with Crippen molar-refractivity contribution in [3.63, 3.8) is 0 Å². The van der Waals surface area contributed by atoms with Crippen molar-refractivity contribution in [2.24, 2.45) is 11.8 Å². The van der Waals surface area contributed by atoms with Gasteiger partial charge in [0.25, 0.3) is 10.1 Å².